The van der Waals surface area contributed by atoms with E-state index in [2.05, 4.69) is 47.4 Å². The van der Waals surface area contributed by atoms with Crippen LogP contribution in [0.25, 0.3) is 0 Å². The number of nitrogens with zero attached hydrogens (tertiary/aromatic N) is 1. The van der Waals surface area contributed by atoms with Gasteiger partial charge in [0.15, 0.2) is 0 Å². The van der Waals surface area contributed by atoms with E-state index in [1.165, 1.54) is 56.3 Å². The van der Waals surface area contributed by atoms with E-state index in [-0.39, 0.29) is 17.0 Å². The third kappa shape index (κ3) is 12.6. The van der Waals surface area contributed by atoms with Crippen LogP contribution in [0.1, 0.15) is 64.5 Å². The lowest BCUT2D eigenvalue weighted by molar-refractivity contribution is -0.928. The van der Waals surface area contributed by atoms with Gasteiger partial charge in [0.1, 0.15) is 0 Å². The van der Waals surface area contributed by atoms with Crippen LogP contribution in [0.3, 0.4) is 0 Å². The summed E-state index contributed by atoms with van der Waals surface area (Å²) in [5, 5.41) is 0. The predicted octanol–water partition coefficient (Wildman–Crippen LogP) is 3.62. The van der Waals surface area contributed by atoms with Crippen molar-refractivity contribution in [1.82, 2.24) is 0 Å². The lowest BCUT2D eigenvalue weighted by Gasteiger charge is -2.38. The number of hydrogen-bond acceptors (Lipinski definition) is 0. The molecule has 0 aliphatic rings. The monoisotopic (exact) mass is 643 g/mol. The molecule has 1 aromatic carbocycles. The summed E-state index contributed by atoms with van der Waals surface area (Å²) in [7, 11) is 0. The number of benzene rings is 1. The minimum Gasteiger partial charge on any atom is -1.00 e. The average Bonchev–Trinajstić information content (AvgIpc) is 2.59. The average molecular weight is 644 g/mol. The zero-order chi connectivity index (χ0) is 19.0. The second-order valence-corrected chi connectivity index (χ2v) is 7.33. The van der Waals surface area contributed by atoms with Gasteiger partial charge in [-0.25, -0.2) is 0 Å². The molecule has 0 saturated carbocycles. The van der Waals surface area contributed by atoms with Crippen molar-refractivity contribution in [3.05, 3.63) is 35.4 Å². The molecule has 1 nitrogen and oxygen atoms in total. The smallest absolute Gasteiger partial charge is 0.0783 e. The molecule has 0 radical (unpaired) electrons. The molecule has 1 aromatic rings. The first kappa shape index (κ1) is 28.4. The van der Waals surface area contributed by atoms with E-state index in [4.69, 9.17) is 0 Å². The summed E-state index contributed by atoms with van der Waals surface area (Å²) in [6.07, 6.45) is 5.33. The summed E-state index contributed by atoms with van der Waals surface area (Å²) in [5.41, 5.74) is 2.06. The molecule has 0 N–H and O–H groups in total. The van der Waals surface area contributed by atoms with Gasteiger partial charge in [-0.3, -0.25) is 0 Å². The Morgan fingerprint density at radius 3 is 1.12 bits per heavy atom. The van der Waals surface area contributed by atoms with Crippen molar-refractivity contribution < 1.29 is 21.5 Å². The van der Waals surface area contributed by atoms with E-state index in [1.54, 1.807) is 0 Å². The summed E-state index contributed by atoms with van der Waals surface area (Å²) in [4.78, 5) is 0. The van der Waals surface area contributed by atoms with E-state index < -0.39 is 0 Å². The Morgan fingerprint density at radius 1 is 0.654 bits per heavy atom. The SMILES string of the molecule is CCC[N+](CCC)(CCC)CCC.IC#Cc1ccc(C#CI)cc1.[Br-]. The number of quaternary nitrogens is 1. The Balaban J connectivity index is 0. The van der Waals surface area contributed by atoms with E-state index in [0.717, 1.165) is 11.1 Å². The summed E-state index contributed by atoms with van der Waals surface area (Å²) in [5.74, 6) is 5.93. The molecule has 146 valence electrons. The zero-order valence-corrected chi connectivity index (χ0v) is 22.4. The Morgan fingerprint density at radius 2 is 0.923 bits per heavy atom. The van der Waals surface area contributed by atoms with Gasteiger partial charge in [-0.1, -0.05) is 39.5 Å². The maximum absolute atomic E-state index is 2.96. The molecule has 4 heteroatoms. The van der Waals surface area contributed by atoms with Crippen molar-refractivity contribution in [2.75, 3.05) is 26.2 Å². The highest BCUT2D eigenvalue weighted by molar-refractivity contribution is 14.1. The van der Waals surface area contributed by atoms with Crippen molar-refractivity contribution in [1.29, 1.82) is 0 Å². The topological polar surface area (TPSA) is 0 Å². The third-order valence-electron chi connectivity index (χ3n) is 4.06. The lowest BCUT2D eigenvalue weighted by Crippen LogP contribution is -3.00. The highest BCUT2D eigenvalue weighted by Gasteiger charge is 2.22. The molecule has 0 bridgehead atoms. The predicted molar refractivity (Wildman–Crippen MR) is 129 cm³/mol. The molecule has 0 aliphatic carbocycles. The van der Waals surface area contributed by atoms with Crippen molar-refractivity contribution in [3.8, 4) is 19.7 Å². The fraction of sp³-hybridized carbons (Fsp3) is 0.545. The van der Waals surface area contributed by atoms with E-state index in [0.29, 0.717) is 0 Å². The Bertz CT molecular complexity index is 508. The van der Waals surface area contributed by atoms with Gasteiger partial charge in [0.05, 0.1) is 26.2 Å². The van der Waals surface area contributed by atoms with Crippen molar-refractivity contribution in [2.45, 2.75) is 53.4 Å². The number of halogens is 3. The molecular weight excluding hydrogens is 612 g/mol. The number of rotatable bonds is 8. The van der Waals surface area contributed by atoms with Crippen LogP contribution in [0.2, 0.25) is 0 Å². The van der Waals surface area contributed by atoms with Crippen LogP contribution >= 0.6 is 45.2 Å². The molecule has 0 amide bonds. The first-order chi connectivity index (χ1) is 12.1. The molecule has 0 saturated heterocycles. The molecule has 0 heterocycles. The van der Waals surface area contributed by atoms with Gasteiger partial charge < -0.3 is 21.5 Å². The first-order valence-corrected chi connectivity index (χ1v) is 11.5. The molecule has 1 rings (SSSR count). The largest absolute Gasteiger partial charge is 1.00 e. The molecule has 0 fully saturated rings. The summed E-state index contributed by atoms with van der Waals surface area (Å²) >= 11 is 4.05. The second kappa shape index (κ2) is 18.6. The van der Waals surface area contributed by atoms with Crippen molar-refractivity contribution in [3.63, 3.8) is 0 Å². The third-order valence-corrected chi connectivity index (χ3v) is 4.60. The minimum absolute atomic E-state index is 0. The van der Waals surface area contributed by atoms with Crippen LogP contribution in [-0.2, 0) is 0 Å². The molecule has 0 aromatic heterocycles. The van der Waals surface area contributed by atoms with E-state index >= 15 is 0 Å². The number of hydrogen-bond donors (Lipinski definition) is 0. The second-order valence-electron chi connectivity index (χ2n) is 6.25. The van der Waals surface area contributed by atoms with Crippen LogP contribution in [0, 0.1) is 19.7 Å². The van der Waals surface area contributed by atoms with Gasteiger partial charge in [0.25, 0.3) is 0 Å². The van der Waals surface area contributed by atoms with Gasteiger partial charge in [-0.05, 0) is 57.8 Å². The molecule has 0 aliphatic heterocycles. The van der Waals surface area contributed by atoms with Crippen molar-refractivity contribution in [2.24, 2.45) is 0 Å². The van der Waals surface area contributed by atoms with Crippen LogP contribution in [-0.4, -0.2) is 30.7 Å². The summed E-state index contributed by atoms with van der Waals surface area (Å²) in [6.45, 7) is 14.8. The molecule has 26 heavy (non-hydrogen) atoms. The van der Waals surface area contributed by atoms with Crippen LogP contribution < -0.4 is 17.0 Å². The fourth-order valence-electron chi connectivity index (χ4n) is 3.31. The maximum atomic E-state index is 2.96. The highest BCUT2D eigenvalue weighted by Crippen LogP contribution is 2.12. The van der Waals surface area contributed by atoms with Gasteiger partial charge in [-0.15, -0.1) is 0 Å². The standard InChI is InChI=1S/C12H28N.C10H4I2.BrH/c1-5-9-13(10-6-2,11-7-3)12-8-4;11-7-5-9-1-2-10(4-3-9)6-8-12;/h5-12H2,1-4H3;1-4H;1H/q+1;;/p-1. The summed E-state index contributed by atoms with van der Waals surface area (Å²) < 4.78 is 7.01. The highest BCUT2D eigenvalue weighted by atomic mass is 127. The summed E-state index contributed by atoms with van der Waals surface area (Å²) in [6, 6.07) is 7.90. The quantitative estimate of drug-likeness (QED) is 0.231. The van der Waals surface area contributed by atoms with Crippen molar-refractivity contribution >= 4 is 45.2 Å². The molecule has 0 atom stereocenters. The zero-order valence-electron chi connectivity index (χ0n) is 16.5. The molecule has 0 spiro atoms. The first-order valence-electron chi connectivity index (χ1n) is 9.29. The lowest BCUT2D eigenvalue weighted by atomic mass is 10.1. The van der Waals surface area contributed by atoms with Crippen LogP contribution in [0.5, 0.6) is 0 Å². The maximum Gasteiger partial charge on any atom is 0.0783 e. The van der Waals surface area contributed by atoms with E-state index in [9.17, 15) is 0 Å². The Kier molecular flexibility index (Phi) is 20.3. The Labute approximate surface area is 199 Å². The minimum atomic E-state index is 0. The van der Waals surface area contributed by atoms with Gasteiger partial charge in [0, 0.05) is 56.3 Å². The van der Waals surface area contributed by atoms with Gasteiger partial charge in [-0.2, -0.15) is 0 Å². The van der Waals surface area contributed by atoms with Crippen LogP contribution in [0.4, 0.5) is 0 Å². The van der Waals surface area contributed by atoms with E-state index in [1.807, 2.05) is 69.4 Å². The van der Waals surface area contributed by atoms with Crippen LogP contribution in [0.15, 0.2) is 24.3 Å². The molecule has 0 unspecified atom stereocenters. The van der Waals surface area contributed by atoms with Gasteiger partial charge in [0.2, 0.25) is 0 Å². The van der Waals surface area contributed by atoms with Gasteiger partial charge >= 0.3 is 0 Å². The normalized spacial score (nSPS) is 9.46. The Hall–Kier alpha value is 0.240. The molecular formula is C22H32BrI2N. The fourth-order valence-corrected chi connectivity index (χ4v) is 3.94.